The van der Waals surface area contributed by atoms with Crippen molar-refractivity contribution in [2.24, 2.45) is 16.6 Å². The van der Waals surface area contributed by atoms with E-state index in [0.717, 1.165) is 44.4 Å². The van der Waals surface area contributed by atoms with Crippen LogP contribution in [0.25, 0.3) is 22.0 Å². The van der Waals surface area contributed by atoms with Crippen LogP contribution in [0, 0.1) is 29.4 Å². The highest BCUT2D eigenvalue weighted by Crippen LogP contribution is 2.45. The number of amides is 3. The fourth-order valence-electron chi connectivity index (χ4n) is 7.65. The van der Waals surface area contributed by atoms with Gasteiger partial charge in [0.25, 0.3) is 18.4 Å². The quantitative estimate of drug-likeness (QED) is 0.0249. The molecule has 0 bridgehead atoms. The van der Waals surface area contributed by atoms with E-state index in [2.05, 4.69) is 47.0 Å². The number of benzene rings is 2. The van der Waals surface area contributed by atoms with Gasteiger partial charge in [-0.3, -0.25) is 28.3 Å². The van der Waals surface area contributed by atoms with E-state index < -0.39 is 188 Å². The Morgan fingerprint density at radius 1 is 1.00 bits per heavy atom. The standard InChI is InChI=1S/C46H43ClF10N8O10S2.C2H4O2/c1-22-16-44(50,51)38(33(22)37(58)46(55,56)57)59-17-32(67)62-31(14-23-12-24(48)15-25(49)13-23)35-28(7-6-26(60-35)10-11-43(2,3)76(4)72)29-8-9-30(47)34-36(29)64(20-45(52,53)54)63-39(34)65(77(5)73)42(71)61-27(18-74-21-66)19-75-41(70)40(68)69;1-2(3)4/h6-9,12-13,15,21-22,27,31H,14,16-20,58H2,1-5H3,(H,61,71)(H,62,67)(H,68,69);1H3,(H,3,4)/b37-33-,59-38?;/t22-,27?,31?,76?,77?;/m0./s1. The molecule has 33 heteroatoms. The molecule has 1 aliphatic rings. The molecule has 440 valence electrons. The summed E-state index contributed by atoms with van der Waals surface area (Å²) in [6.07, 6.45) is -10.1. The highest BCUT2D eigenvalue weighted by atomic mass is 35.5. The maximum atomic E-state index is 15.3. The number of hydrogen-bond donors (Lipinski definition) is 5. The Hall–Kier alpha value is -7.66. The fraction of sp³-hybridized carbons (Fsp3) is 0.396. The van der Waals surface area contributed by atoms with Crippen molar-refractivity contribution in [1.29, 1.82) is 0 Å². The van der Waals surface area contributed by atoms with Gasteiger partial charge in [-0.05, 0) is 68.0 Å². The molecule has 2 aromatic carbocycles. The number of nitrogens with one attached hydrogen (secondary N) is 2. The Labute approximate surface area is 462 Å². The van der Waals surface area contributed by atoms with Crippen molar-refractivity contribution in [3.8, 4) is 23.0 Å². The largest absolute Gasteiger partial charge is 0.481 e. The van der Waals surface area contributed by atoms with E-state index >= 15 is 8.78 Å². The molecule has 5 atom stereocenters. The Bertz CT molecular complexity index is 3270. The van der Waals surface area contributed by atoms with Gasteiger partial charge < -0.3 is 36.1 Å². The number of pyridine rings is 1. The number of anilines is 1. The predicted molar refractivity (Wildman–Crippen MR) is 271 cm³/mol. The van der Waals surface area contributed by atoms with Crippen LogP contribution >= 0.6 is 11.6 Å². The van der Waals surface area contributed by atoms with E-state index in [0.29, 0.717) is 6.07 Å². The zero-order valence-electron chi connectivity index (χ0n) is 42.9. The summed E-state index contributed by atoms with van der Waals surface area (Å²) < 4.78 is 180. The number of alkyl halides is 8. The van der Waals surface area contributed by atoms with Gasteiger partial charge >= 0.3 is 30.3 Å². The first-order valence-electron chi connectivity index (χ1n) is 22.9. The second kappa shape index (κ2) is 26.7. The third-order valence-electron chi connectivity index (χ3n) is 11.2. The van der Waals surface area contributed by atoms with Crippen LogP contribution in [0.2, 0.25) is 5.02 Å². The summed E-state index contributed by atoms with van der Waals surface area (Å²) in [5.41, 5.74) is -1.25. The number of rotatable bonds is 17. The van der Waals surface area contributed by atoms with Crippen molar-refractivity contribution in [2.45, 2.75) is 82.2 Å². The number of allylic oxidation sites excluding steroid dienone is 2. The number of ether oxygens (including phenoxy) is 2. The van der Waals surface area contributed by atoms with Crippen molar-refractivity contribution >= 4 is 92.1 Å². The van der Waals surface area contributed by atoms with Crippen LogP contribution in [0.5, 0.6) is 0 Å². The molecule has 81 heavy (non-hydrogen) atoms. The summed E-state index contributed by atoms with van der Waals surface area (Å²) in [4.78, 5) is 78.8. The van der Waals surface area contributed by atoms with Gasteiger partial charge in [0.05, 0.1) is 33.7 Å². The van der Waals surface area contributed by atoms with Crippen molar-refractivity contribution in [3.05, 3.63) is 87.3 Å². The highest BCUT2D eigenvalue weighted by molar-refractivity contribution is 7.86. The molecule has 6 N–H and O–H groups in total. The van der Waals surface area contributed by atoms with Crippen LogP contribution in [0.3, 0.4) is 0 Å². The summed E-state index contributed by atoms with van der Waals surface area (Å²) in [6, 6.07) is 1.84. The Morgan fingerprint density at radius 3 is 2.15 bits per heavy atom. The molecule has 1 fully saturated rings. The second-order valence-corrected chi connectivity index (χ2v) is 21.4. The third kappa shape index (κ3) is 17.7. The van der Waals surface area contributed by atoms with Crippen LogP contribution in [0.15, 0.2) is 58.7 Å². The molecule has 0 saturated heterocycles. The number of aliphatic imine (C=N–C) groups is 1. The van der Waals surface area contributed by atoms with Gasteiger partial charge in [-0.2, -0.15) is 44.5 Å². The number of fused-ring (bicyclic) bond motifs is 1. The molecule has 1 saturated carbocycles. The monoisotopic (exact) mass is 1220 g/mol. The number of carbonyl (C=O) groups excluding carboxylic acids is 4. The van der Waals surface area contributed by atoms with Crippen molar-refractivity contribution in [1.82, 2.24) is 25.4 Å². The van der Waals surface area contributed by atoms with E-state index in [9.17, 15) is 67.5 Å². The summed E-state index contributed by atoms with van der Waals surface area (Å²) in [5.74, 6) is -9.25. The van der Waals surface area contributed by atoms with Gasteiger partial charge in [0, 0.05) is 59.4 Å². The average molecular weight is 1220 g/mol. The average Bonchev–Trinajstić information content (AvgIpc) is 3.93. The number of urea groups is 1. The predicted octanol–water partition coefficient (Wildman–Crippen LogP) is 6.46. The minimum atomic E-state index is -5.30. The maximum absolute atomic E-state index is 15.3. The van der Waals surface area contributed by atoms with Crippen LogP contribution in [-0.4, -0.2) is 137 Å². The molecule has 0 radical (unpaired) electrons. The molecular weight excluding hydrogens is 1170 g/mol. The topological polar surface area (TPSA) is 292 Å². The van der Waals surface area contributed by atoms with Gasteiger partial charge in [-0.25, -0.2) is 32.4 Å². The smallest absolute Gasteiger partial charge is 0.431 e. The number of aromatic nitrogens is 3. The normalized spacial score (nSPS) is 16.8. The molecule has 20 nitrogen and oxygen atoms in total. The van der Waals surface area contributed by atoms with E-state index in [1.54, 1.807) is 0 Å². The number of nitrogens with zero attached hydrogens (tertiary/aromatic N) is 5. The number of carboxylic acid groups (broad SMARTS) is 2. The van der Waals surface area contributed by atoms with Crippen molar-refractivity contribution in [3.63, 3.8) is 0 Å². The van der Waals surface area contributed by atoms with E-state index in [1.807, 2.05) is 0 Å². The summed E-state index contributed by atoms with van der Waals surface area (Å²) >= 11 is 6.67. The number of aliphatic carboxylic acids is 2. The first kappa shape index (κ1) is 65.9. The van der Waals surface area contributed by atoms with Crippen molar-refractivity contribution in [2.75, 3.05) is 36.6 Å². The number of esters is 1. The van der Waals surface area contributed by atoms with Crippen LogP contribution in [0.1, 0.15) is 57.1 Å². The molecule has 3 amide bonds. The van der Waals surface area contributed by atoms with E-state index in [-0.39, 0.29) is 37.8 Å². The third-order valence-corrected chi connectivity index (χ3v) is 13.9. The van der Waals surface area contributed by atoms with Gasteiger partial charge in [-0.1, -0.05) is 30.5 Å². The SMILES string of the molecule is CC(=O)O.C[C@H]1CC(F)(F)C(=NCC(=O)NC(Cc2cc(F)cc(F)c2)c2nc(C#CC(C)(C)S(C)=O)ccc2-c2ccc(Cl)c3c(N(C(=O)NC(COC=O)COC(=O)C(=O)O)S(C)=O)nn(CC(F)(F)F)c23)/C1=C(\N)C(F)(F)F. The van der Waals surface area contributed by atoms with Gasteiger partial charge in [0.15, 0.2) is 5.82 Å². The number of halogens is 11. The van der Waals surface area contributed by atoms with Crippen LogP contribution in [0.4, 0.5) is 54.5 Å². The van der Waals surface area contributed by atoms with Gasteiger partial charge in [0.2, 0.25) is 5.91 Å². The maximum Gasteiger partial charge on any atom is 0.431 e. The molecule has 4 aromatic rings. The minimum Gasteiger partial charge on any atom is -0.481 e. The molecular formula is C48H47ClF10N8O12S2. The number of nitrogens with two attached hydrogens (primary N) is 1. The lowest BCUT2D eigenvalue weighted by atomic mass is 9.93. The molecule has 2 aromatic heterocycles. The van der Waals surface area contributed by atoms with Crippen LogP contribution in [-0.2, 0) is 68.2 Å². The van der Waals surface area contributed by atoms with E-state index in [1.165, 1.54) is 32.2 Å². The number of carboxylic acids is 2. The Kier molecular flexibility index (Phi) is 21.7. The number of carbonyl (C=O) groups is 6. The lowest BCUT2D eigenvalue weighted by molar-refractivity contribution is -0.164. The fourth-order valence-corrected chi connectivity index (χ4v) is 8.74. The van der Waals surface area contributed by atoms with Gasteiger partial charge in [0.1, 0.15) is 70.8 Å². The van der Waals surface area contributed by atoms with Crippen LogP contribution < -0.4 is 20.7 Å². The molecule has 5 rings (SSSR count). The summed E-state index contributed by atoms with van der Waals surface area (Å²) in [6.45, 7) is -0.128. The zero-order chi connectivity index (χ0) is 61.3. The molecule has 0 aliphatic heterocycles. The summed E-state index contributed by atoms with van der Waals surface area (Å²) in [5, 5.41) is 23.9. The van der Waals surface area contributed by atoms with E-state index in [4.69, 9.17) is 32.3 Å². The van der Waals surface area contributed by atoms with Gasteiger partial charge in [-0.15, -0.1) is 0 Å². The lowest BCUT2D eigenvalue weighted by Gasteiger charge is -2.23. The summed E-state index contributed by atoms with van der Waals surface area (Å²) in [7, 11) is -4.23. The molecule has 0 spiro atoms. The minimum absolute atomic E-state index is 0.109. The Morgan fingerprint density at radius 2 is 1.60 bits per heavy atom. The first-order valence-corrected chi connectivity index (χ1v) is 26.3. The second-order valence-electron chi connectivity index (χ2n) is 17.9. The Balaban J connectivity index is 0.00000341. The molecule has 2 heterocycles. The lowest BCUT2D eigenvalue weighted by Crippen LogP contribution is -2.49. The molecule has 4 unspecified atom stereocenters. The zero-order valence-corrected chi connectivity index (χ0v) is 45.2. The highest BCUT2D eigenvalue weighted by Gasteiger charge is 2.52. The molecule has 1 aliphatic carbocycles. The van der Waals surface area contributed by atoms with Crippen molar-refractivity contribution < 1.29 is 101 Å². The first-order chi connectivity index (χ1) is 37.4. The number of hydrogen-bond acceptors (Lipinski definition) is 14.